The summed E-state index contributed by atoms with van der Waals surface area (Å²) in [4.78, 5) is 24.8. The van der Waals surface area contributed by atoms with Gasteiger partial charge in [-0.3, -0.25) is 4.79 Å². The number of thiocarbonyl (C=S) groups is 1. The maximum absolute atomic E-state index is 12.3. The number of carboxylic acid groups (broad SMARTS) is 1. The van der Waals surface area contributed by atoms with Gasteiger partial charge < -0.3 is 20.1 Å². The molecular weight excluding hydrogens is 336 g/mol. The number of esters is 1. The number of nitrogens with zero attached hydrogens (tertiary/aromatic N) is 1. The van der Waals surface area contributed by atoms with Gasteiger partial charge in [0.25, 0.3) is 0 Å². The van der Waals surface area contributed by atoms with Crippen LogP contribution in [0.25, 0.3) is 0 Å². The number of fused-ring (bicyclic) bond motifs is 1. The predicted octanol–water partition coefficient (Wildman–Crippen LogP) is 1.97. The van der Waals surface area contributed by atoms with E-state index < -0.39 is 12.0 Å². The van der Waals surface area contributed by atoms with E-state index in [2.05, 4.69) is 24.1 Å². The molecule has 6 nitrogen and oxygen atoms in total. The van der Waals surface area contributed by atoms with Crippen molar-refractivity contribution in [3.8, 4) is 0 Å². The molecule has 0 bridgehead atoms. The van der Waals surface area contributed by atoms with Crippen molar-refractivity contribution in [3.05, 3.63) is 0 Å². The van der Waals surface area contributed by atoms with Gasteiger partial charge >= 0.3 is 11.9 Å². The Balaban J connectivity index is 2.08. The molecule has 0 aromatic rings. The Morgan fingerprint density at radius 3 is 2.74 bits per heavy atom. The van der Waals surface area contributed by atoms with Crippen LogP contribution in [0.5, 0.6) is 0 Å². The molecule has 2 aliphatic heterocycles. The zero-order valence-corrected chi connectivity index (χ0v) is 15.3. The van der Waals surface area contributed by atoms with Crippen molar-refractivity contribution < 1.29 is 19.4 Å². The van der Waals surface area contributed by atoms with Crippen molar-refractivity contribution in [1.82, 2.24) is 10.2 Å². The molecule has 0 saturated carbocycles. The highest BCUT2D eigenvalue weighted by atomic mass is 32.2. The van der Waals surface area contributed by atoms with Crippen LogP contribution in [0.1, 0.15) is 46.5 Å². The second-order valence-corrected chi connectivity index (χ2v) is 8.51. The lowest BCUT2D eigenvalue weighted by molar-refractivity contribution is -0.146. The molecule has 2 fully saturated rings. The first-order valence-electron chi connectivity index (χ1n) is 7.94. The number of ether oxygens (including phenoxy) is 1. The molecular formula is C15H24N2O4S2. The second kappa shape index (κ2) is 7.25. The summed E-state index contributed by atoms with van der Waals surface area (Å²) in [7, 11) is 0. The van der Waals surface area contributed by atoms with Gasteiger partial charge in [-0.1, -0.05) is 6.42 Å². The van der Waals surface area contributed by atoms with Gasteiger partial charge in [-0.05, 0) is 45.8 Å². The van der Waals surface area contributed by atoms with Crippen molar-refractivity contribution >= 4 is 41.0 Å². The summed E-state index contributed by atoms with van der Waals surface area (Å²) in [5.74, 6) is -1.03. The van der Waals surface area contributed by atoms with E-state index >= 15 is 0 Å². The normalized spacial score (nSPS) is 28.4. The number of unbranched alkanes of at least 4 members (excludes halogenated alkanes) is 1. The van der Waals surface area contributed by atoms with Crippen LogP contribution in [-0.4, -0.2) is 55.9 Å². The average Bonchev–Trinajstić information content (AvgIpc) is 2.92. The molecule has 3 unspecified atom stereocenters. The number of carbonyl (C=O) groups is 2. The Morgan fingerprint density at radius 1 is 1.43 bits per heavy atom. The summed E-state index contributed by atoms with van der Waals surface area (Å²) < 4.78 is 5.18. The number of hydrogen-bond acceptors (Lipinski definition) is 5. The second-order valence-electron chi connectivity index (χ2n) is 6.28. The maximum Gasteiger partial charge on any atom is 0.330 e. The molecule has 2 N–H and O–H groups in total. The number of carboxylic acids is 1. The number of hydrogen-bond donors (Lipinski definition) is 2. The summed E-state index contributed by atoms with van der Waals surface area (Å²) in [6.07, 6.45) is 2.53. The smallest absolute Gasteiger partial charge is 0.330 e. The zero-order chi connectivity index (χ0) is 17.2. The minimum absolute atomic E-state index is 0.0358. The molecule has 3 atom stereocenters. The molecule has 0 amide bonds. The Hall–Kier alpha value is -1.02. The highest BCUT2D eigenvalue weighted by Gasteiger charge is 2.57. The Labute approximate surface area is 146 Å². The lowest BCUT2D eigenvalue weighted by atomic mass is 9.99. The average molecular weight is 361 g/mol. The fourth-order valence-electron chi connectivity index (χ4n) is 3.34. The van der Waals surface area contributed by atoms with Crippen molar-refractivity contribution in [3.63, 3.8) is 0 Å². The lowest BCUT2D eigenvalue weighted by Crippen LogP contribution is -2.47. The SMILES string of the molecule is CCOC(=O)C1NC(=S)N2C1C(CCCCC(=O)O)SC2(C)C. The molecule has 2 rings (SSSR count). The standard InChI is InChI=1S/C15H24N2O4S2/c1-4-21-13(20)11-12-9(7-5-6-8-10(18)19)23-15(2,3)17(12)14(22)16-11/h9,11-12H,4-8H2,1-3H3,(H,16,22)(H,18,19). The Kier molecular flexibility index (Phi) is 5.78. The van der Waals surface area contributed by atoms with Crippen LogP contribution in [0.2, 0.25) is 0 Å². The molecule has 0 spiro atoms. The van der Waals surface area contributed by atoms with Gasteiger partial charge in [-0.15, -0.1) is 11.8 Å². The molecule has 130 valence electrons. The van der Waals surface area contributed by atoms with Crippen LogP contribution < -0.4 is 5.32 Å². The van der Waals surface area contributed by atoms with E-state index in [1.807, 2.05) is 0 Å². The van der Waals surface area contributed by atoms with E-state index in [0.29, 0.717) is 18.1 Å². The molecule has 2 heterocycles. The molecule has 23 heavy (non-hydrogen) atoms. The van der Waals surface area contributed by atoms with Crippen molar-refractivity contribution in [2.45, 2.75) is 68.7 Å². The van der Waals surface area contributed by atoms with Gasteiger partial charge in [0.05, 0.1) is 17.5 Å². The third-order valence-electron chi connectivity index (χ3n) is 4.21. The van der Waals surface area contributed by atoms with Crippen LogP contribution in [0, 0.1) is 0 Å². The van der Waals surface area contributed by atoms with Crippen LogP contribution in [0.15, 0.2) is 0 Å². The van der Waals surface area contributed by atoms with E-state index in [-0.39, 0.29) is 28.6 Å². The lowest BCUT2D eigenvalue weighted by Gasteiger charge is -2.30. The Bertz CT molecular complexity index is 498. The highest BCUT2D eigenvalue weighted by molar-refractivity contribution is 8.01. The first-order valence-corrected chi connectivity index (χ1v) is 9.22. The van der Waals surface area contributed by atoms with Crippen LogP contribution in [0.3, 0.4) is 0 Å². The number of carbonyl (C=O) groups excluding carboxylic acids is 1. The van der Waals surface area contributed by atoms with E-state index in [9.17, 15) is 9.59 Å². The largest absolute Gasteiger partial charge is 0.481 e. The van der Waals surface area contributed by atoms with Gasteiger partial charge in [0.15, 0.2) is 5.11 Å². The van der Waals surface area contributed by atoms with Gasteiger partial charge in [0, 0.05) is 11.7 Å². The third-order valence-corrected chi connectivity index (χ3v) is 6.11. The fourth-order valence-corrected chi connectivity index (χ4v) is 5.64. The molecule has 2 aliphatic rings. The van der Waals surface area contributed by atoms with E-state index in [1.165, 1.54) is 0 Å². The van der Waals surface area contributed by atoms with Crippen LogP contribution in [-0.2, 0) is 14.3 Å². The number of rotatable bonds is 7. The molecule has 0 radical (unpaired) electrons. The van der Waals surface area contributed by atoms with Crippen LogP contribution in [0.4, 0.5) is 0 Å². The monoisotopic (exact) mass is 360 g/mol. The van der Waals surface area contributed by atoms with Crippen molar-refractivity contribution in [2.75, 3.05) is 6.61 Å². The molecule has 2 saturated heterocycles. The van der Waals surface area contributed by atoms with E-state index in [4.69, 9.17) is 22.1 Å². The molecule has 0 aromatic heterocycles. The van der Waals surface area contributed by atoms with Gasteiger partial charge in [-0.2, -0.15) is 0 Å². The minimum Gasteiger partial charge on any atom is -0.481 e. The maximum atomic E-state index is 12.3. The van der Waals surface area contributed by atoms with Crippen LogP contribution >= 0.6 is 24.0 Å². The quantitative estimate of drug-likeness (QED) is 0.405. The number of nitrogens with one attached hydrogen (secondary N) is 1. The van der Waals surface area contributed by atoms with Gasteiger partial charge in [0.2, 0.25) is 0 Å². The summed E-state index contributed by atoms with van der Waals surface area (Å²) in [6, 6.07) is -0.479. The van der Waals surface area contributed by atoms with E-state index in [1.54, 1.807) is 18.7 Å². The minimum atomic E-state index is -0.765. The number of aliphatic carboxylic acids is 1. The molecule has 8 heteroatoms. The summed E-state index contributed by atoms with van der Waals surface area (Å²) in [5.41, 5.74) is 0. The number of thioether (sulfide) groups is 1. The zero-order valence-electron chi connectivity index (χ0n) is 13.7. The topological polar surface area (TPSA) is 78.9 Å². The Morgan fingerprint density at radius 2 is 2.13 bits per heavy atom. The third kappa shape index (κ3) is 3.91. The van der Waals surface area contributed by atoms with Crippen molar-refractivity contribution in [2.24, 2.45) is 0 Å². The van der Waals surface area contributed by atoms with E-state index in [0.717, 1.165) is 12.8 Å². The van der Waals surface area contributed by atoms with Gasteiger partial charge in [0.1, 0.15) is 6.04 Å². The fraction of sp³-hybridized carbons (Fsp3) is 0.800. The highest BCUT2D eigenvalue weighted by Crippen LogP contribution is 2.49. The first-order chi connectivity index (χ1) is 10.8. The summed E-state index contributed by atoms with van der Waals surface area (Å²) in [6.45, 7) is 6.34. The molecule has 0 aliphatic carbocycles. The molecule has 0 aromatic carbocycles. The van der Waals surface area contributed by atoms with Gasteiger partial charge in [-0.25, -0.2) is 4.79 Å². The van der Waals surface area contributed by atoms with Crippen molar-refractivity contribution in [1.29, 1.82) is 0 Å². The first kappa shape index (κ1) is 18.3. The summed E-state index contributed by atoms with van der Waals surface area (Å²) >= 11 is 7.23. The predicted molar refractivity (Wildman–Crippen MR) is 93.3 cm³/mol. The summed E-state index contributed by atoms with van der Waals surface area (Å²) in [5, 5.41) is 12.7.